The van der Waals surface area contributed by atoms with Gasteiger partial charge in [-0.3, -0.25) is 4.98 Å². The number of carboxylic acids is 1. The maximum absolute atomic E-state index is 11.4. The van der Waals surface area contributed by atoms with Crippen molar-refractivity contribution in [3.63, 3.8) is 0 Å². The Labute approximate surface area is 125 Å². The van der Waals surface area contributed by atoms with Gasteiger partial charge in [-0.1, -0.05) is 32.9 Å². The van der Waals surface area contributed by atoms with Crippen molar-refractivity contribution in [2.24, 2.45) is 5.41 Å². The standard InChI is InChI=1S/C17H22N2O2/c1-10-13(16(20)21)15(18)14-11(8-9-17(2,3)4)6-5-7-12(14)19-10/h5-7H,8-9H2,1-4H3,(H2,18,19)(H,20,21). The number of nitrogens with zero attached hydrogens (tertiary/aromatic N) is 1. The number of aromatic carboxylic acids is 1. The van der Waals surface area contributed by atoms with Crippen LogP contribution in [0.3, 0.4) is 0 Å². The number of nitrogen functional groups attached to an aromatic ring is 1. The van der Waals surface area contributed by atoms with Crippen molar-refractivity contribution >= 4 is 22.6 Å². The molecule has 0 atom stereocenters. The fourth-order valence-electron chi connectivity index (χ4n) is 2.54. The van der Waals surface area contributed by atoms with Crippen molar-refractivity contribution in [1.82, 2.24) is 4.98 Å². The molecule has 21 heavy (non-hydrogen) atoms. The zero-order chi connectivity index (χ0) is 15.8. The molecule has 112 valence electrons. The van der Waals surface area contributed by atoms with Gasteiger partial charge in [0.25, 0.3) is 0 Å². The van der Waals surface area contributed by atoms with Crippen LogP contribution in [-0.4, -0.2) is 16.1 Å². The molecule has 2 aromatic rings. The van der Waals surface area contributed by atoms with Crippen LogP contribution in [0.15, 0.2) is 18.2 Å². The van der Waals surface area contributed by atoms with Crippen molar-refractivity contribution in [2.45, 2.75) is 40.5 Å². The molecule has 0 aliphatic carbocycles. The molecule has 0 fully saturated rings. The smallest absolute Gasteiger partial charge is 0.339 e. The highest BCUT2D eigenvalue weighted by atomic mass is 16.4. The maximum Gasteiger partial charge on any atom is 0.339 e. The van der Waals surface area contributed by atoms with Gasteiger partial charge >= 0.3 is 5.97 Å². The zero-order valence-electron chi connectivity index (χ0n) is 13.0. The lowest BCUT2D eigenvalue weighted by Gasteiger charge is -2.19. The van der Waals surface area contributed by atoms with E-state index >= 15 is 0 Å². The highest BCUT2D eigenvalue weighted by molar-refractivity contribution is 6.05. The van der Waals surface area contributed by atoms with Crippen LogP contribution in [0.5, 0.6) is 0 Å². The first kappa shape index (κ1) is 15.3. The quantitative estimate of drug-likeness (QED) is 0.899. The molecule has 0 saturated heterocycles. The number of aryl methyl sites for hydroxylation is 2. The summed E-state index contributed by atoms with van der Waals surface area (Å²) in [6.07, 6.45) is 1.86. The van der Waals surface area contributed by atoms with Crippen molar-refractivity contribution in [3.05, 3.63) is 35.0 Å². The summed E-state index contributed by atoms with van der Waals surface area (Å²) in [6, 6.07) is 5.84. The highest BCUT2D eigenvalue weighted by Gasteiger charge is 2.19. The summed E-state index contributed by atoms with van der Waals surface area (Å²) in [5, 5.41) is 10.1. The van der Waals surface area contributed by atoms with E-state index in [1.165, 1.54) is 0 Å². The first-order chi connectivity index (χ1) is 9.70. The molecule has 4 heteroatoms. The molecule has 4 nitrogen and oxygen atoms in total. The third-order valence-electron chi connectivity index (χ3n) is 3.68. The van der Waals surface area contributed by atoms with Crippen molar-refractivity contribution < 1.29 is 9.90 Å². The molecule has 1 aromatic heterocycles. The van der Waals surface area contributed by atoms with Crippen LogP contribution in [-0.2, 0) is 6.42 Å². The molecule has 2 rings (SSSR count). The topological polar surface area (TPSA) is 76.2 Å². The number of aromatic nitrogens is 1. The SMILES string of the molecule is Cc1nc2cccc(CCC(C)(C)C)c2c(N)c1C(=O)O. The van der Waals surface area contributed by atoms with Crippen LogP contribution in [0.2, 0.25) is 0 Å². The van der Waals surface area contributed by atoms with Crippen molar-refractivity contribution in [2.75, 3.05) is 5.73 Å². The van der Waals surface area contributed by atoms with Gasteiger partial charge in [-0.05, 0) is 36.8 Å². The van der Waals surface area contributed by atoms with Gasteiger partial charge in [-0.25, -0.2) is 4.79 Å². The number of anilines is 1. The van der Waals surface area contributed by atoms with Crippen LogP contribution >= 0.6 is 0 Å². The molecule has 0 amide bonds. The fourth-order valence-corrected chi connectivity index (χ4v) is 2.54. The average Bonchev–Trinajstić information content (AvgIpc) is 2.34. The van der Waals surface area contributed by atoms with Gasteiger partial charge in [-0.15, -0.1) is 0 Å². The number of fused-ring (bicyclic) bond motifs is 1. The third-order valence-corrected chi connectivity index (χ3v) is 3.68. The van der Waals surface area contributed by atoms with Crippen molar-refractivity contribution in [1.29, 1.82) is 0 Å². The number of benzene rings is 1. The Morgan fingerprint density at radius 3 is 2.57 bits per heavy atom. The van der Waals surface area contributed by atoms with E-state index in [2.05, 4.69) is 25.8 Å². The van der Waals surface area contributed by atoms with Crippen LogP contribution in [0, 0.1) is 12.3 Å². The van der Waals surface area contributed by atoms with E-state index < -0.39 is 5.97 Å². The maximum atomic E-state index is 11.4. The van der Waals surface area contributed by atoms with Gasteiger partial charge in [0, 0.05) is 5.39 Å². The van der Waals surface area contributed by atoms with Crippen molar-refractivity contribution in [3.8, 4) is 0 Å². The molecule has 0 bridgehead atoms. The summed E-state index contributed by atoms with van der Waals surface area (Å²) < 4.78 is 0. The minimum atomic E-state index is -1.02. The first-order valence-corrected chi connectivity index (χ1v) is 7.11. The summed E-state index contributed by atoms with van der Waals surface area (Å²) in [5.41, 5.74) is 9.09. The number of carbonyl (C=O) groups is 1. The van der Waals surface area contributed by atoms with Crippen LogP contribution in [0.1, 0.15) is 48.8 Å². The Kier molecular flexibility index (Phi) is 3.90. The van der Waals surface area contributed by atoms with E-state index in [4.69, 9.17) is 5.73 Å². The second-order valence-corrected chi connectivity index (χ2v) is 6.66. The van der Waals surface area contributed by atoms with Gasteiger partial charge in [0.2, 0.25) is 0 Å². The minimum absolute atomic E-state index is 0.116. The predicted octanol–water partition coefficient (Wildman–Crippen LogP) is 3.80. The molecule has 1 heterocycles. The molecular weight excluding hydrogens is 264 g/mol. The molecular formula is C17H22N2O2. The number of hydrogen-bond donors (Lipinski definition) is 2. The lowest BCUT2D eigenvalue weighted by molar-refractivity contribution is 0.0697. The van der Waals surface area contributed by atoms with E-state index in [9.17, 15) is 9.90 Å². The summed E-state index contributed by atoms with van der Waals surface area (Å²) in [5.74, 6) is -1.02. The van der Waals surface area contributed by atoms with E-state index in [1.54, 1.807) is 6.92 Å². The lowest BCUT2D eigenvalue weighted by Crippen LogP contribution is -2.10. The number of carboxylic acid groups (broad SMARTS) is 1. The molecule has 0 radical (unpaired) electrons. The van der Waals surface area contributed by atoms with Gasteiger partial charge in [0.05, 0.1) is 16.9 Å². The second-order valence-electron chi connectivity index (χ2n) is 6.66. The van der Waals surface area contributed by atoms with Gasteiger partial charge in [0.1, 0.15) is 5.56 Å². The third kappa shape index (κ3) is 3.15. The Hall–Kier alpha value is -2.10. The fraction of sp³-hybridized carbons (Fsp3) is 0.412. The number of nitrogens with two attached hydrogens (primary N) is 1. The number of hydrogen-bond acceptors (Lipinski definition) is 3. The van der Waals surface area contributed by atoms with E-state index in [-0.39, 0.29) is 11.0 Å². The predicted molar refractivity (Wildman–Crippen MR) is 85.6 cm³/mol. The normalized spacial score (nSPS) is 11.8. The Morgan fingerprint density at radius 1 is 1.33 bits per heavy atom. The summed E-state index contributed by atoms with van der Waals surface area (Å²) in [7, 11) is 0. The molecule has 0 aliphatic heterocycles. The van der Waals surface area contributed by atoms with E-state index in [0.717, 1.165) is 29.3 Å². The van der Waals surface area contributed by atoms with Crippen LogP contribution < -0.4 is 5.73 Å². The van der Waals surface area contributed by atoms with E-state index in [0.29, 0.717) is 11.4 Å². The Balaban J connectivity index is 2.62. The Bertz CT molecular complexity index is 700. The lowest BCUT2D eigenvalue weighted by atomic mass is 9.87. The molecule has 3 N–H and O–H groups in total. The number of rotatable bonds is 3. The molecule has 1 aromatic carbocycles. The number of pyridine rings is 1. The average molecular weight is 286 g/mol. The molecule has 0 spiro atoms. The van der Waals surface area contributed by atoms with Gasteiger partial charge < -0.3 is 10.8 Å². The van der Waals surface area contributed by atoms with Crippen LogP contribution in [0.25, 0.3) is 10.9 Å². The minimum Gasteiger partial charge on any atom is -0.478 e. The summed E-state index contributed by atoms with van der Waals surface area (Å²) >= 11 is 0. The Morgan fingerprint density at radius 2 is 2.00 bits per heavy atom. The van der Waals surface area contributed by atoms with Crippen LogP contribution in [0.4, 0.5) is 5.69 Å². The van der Waals surface area contributed by atoms with Gasteiger partial charge in [0.15, 0.2) is 0 Å². The summed E-state index contributed by atoms with van der Waals surface area (Å²) in [4.78, 5) is 15.8. The first-order valence-electron chi connectivity index (χ1n) is 7.11. The van der Waals surface area contributed by atoms with Gasteiger partial charge in [-0.2, -0.15) is 0 Å². The largest absolute Gasteiger partial charge is 0.478 e. The molecule has 0 aliphatic rings. The molecule has 0 unspecified atom stereocenters. The molecule has 0 saturated carbocycles. The summed E-state index contributed by atoms with van der Waals surface area (Å²) in [6.45, 7) is 8.24. The highest BCUT2D eigenvalue weighted by Crippen LogP contribution is 2.31. The monoisotopic (exact) mass is 286 g/mol. The zero-order valence-corrected chi connectivity index (χ0v) is 13.0. The van der Waals surface area contributed by atoms with E-state index in [1.807, 2.05) is 18.2 Å². The second kappa shape index (κ2) is 5.35.